The molecule has 2 fully saturated rings. The van der Waals surface area contributed by atoms with Gasteiger partial charge in [-0.1, -0.05) is 0 Å². The largest absolute Gasteiger partial charge is 0.187 e. The van der Waals surface area contributed by atoms with E-state index in [1.807, 2.05) is 0 Å². The number of halogens is 1. The topological polar surface area (TPSA) is 12.4 Å². The molecule has 9 heavy (non-hydrogen) atoms. The molecule has 0 spiro atoms. The fraction of sp³-hybridized carbons (Fsp3) is 0.857. The van der Waals surface area contributed by atoms with Crippen LogP contribution in [0, 0.1) is 11.8 Å². The minimum absolute atomic E-state index is 0.771. The molecule has 2 atom stereocenters. The molecule has 0 N–H and O–H groups in total. The van der Waals surface area contributed by atoms with Crippen molar-refractivity contribution in [3.8, 4) is 0 Å². The molecule has 0 radical (unpaired) electrons. The van der Waals surface area contributed by atoms with Crippen LogP contribution in [-0.2, 0) is 0 Å². The van der Waals surface area contributed by atoms with Gasteiger partial charge in [0.1, 0.15) is 0 Å². The molecule has 2 unspecified atom stereocenters. The van der Waals surface area contributed by atoms with Crippen molar-refractivity contribution in [3.63, 3.8) is 0 Å². The fourth-order valence-corrected chi connectivity index (χ4v) is 2.34. The van der Waals surface area contributed by atoms with E-state index < -0.39 is 0 Å². The van der Waals surface area contributed by atoms with E-state index in [0.29, 0.717) is 0 Å². The minimum Gasteiger partial charge on any atom is -0.187 e. The predicted octanol–water partition coefficient (Wildman–Crippen LogP) is 2.40. The molecule has 50 valence electrons. The normalized spacial score (nSPS) is 44.8. The third kappa shape index (κ3) is 0.787. The van der Waals surface area contributed by atoms with Gasteiger partial charge in [-0.15, -0.1) is 0 Å². The Balaban J connectivity index is 2.18. The Morgan fingerprint density at radius 1 is 1.44 bits per heavy atom. The molecule has 0 aromatic carbocycles. The van der Waals surface area contributed by atoms with E-state index in [1.165, 1.54) is 31.4 Å². The number of hydrogen-bond donors (Lipinski definition) is 0. The van der Waals surface area contributed by atoms with Crippen LogP contribution in [0.25, 0.3) is 0 Å². The second-order valence-electron chi connectivity index (χ2n) is 3.16. The van der Waals surface area contributed by atoms with Crippen molar-refractivity contribution in [2.24, 2.45) is 16.3 Å². The van der Waals surface area contributed by atoms with Crippen molar-refractivity contribution in [2.45, 2.75) is 25.7 Å². The first-order valence-electron chi connectivity index (χ1n) is 3.58. The van der Waals surface area contributed by atoms with Gasteiger partial charge < -0.3 is 0 Å². The Labute approximate surface area is 60.2 Å². The summed E-state index contributed by atoms with van der Waals surface area (Å²) in [4.78, 5) is 0. The highest BCUT2D eigenvalue weighted by Gasteiger charge is 2.36. The predicted molar refractivity (Wildman–Crippen MR) is 38.7 cm³/mol. The summed E-state index contributed by atoms with van der Waals surface area (Å²) in [7, 11) is 0. The van der Waals surface area contributed by atoms with Crippen molar-refractivity contribution in [1.29, 1.82) is 0 Å². The quantitative estimate of drug-likeness (QED) is 0.494. The van der Waals surface area contributed by atoms with Gasteiger partial charge in [0.2, 0.25) is 0 Å². The Hall–Kier alpha value is -0.0400. The molecule has 2 aliphatic rings. The zero-order chi connectivity index (χ0) is 6.27. The molecule has 2 aliphatic carbocycles. The SMILES string of the molecule is ClN=C1CC2CCC1C2. The highest BCUT2D eigenvalue weighted by atomic mass is 35.5. The van der Waals surface area contributed by atoms with E-state index in [1.54, 1.807) is 0 Å². The van der Waals surface area contributed by atoms with Gasteiger partial charge in [0.05, 0.1) is 0 Å². The number of nitrogens with zero attached hydrogens (tertiary/aromatic N) is 1. The summed E-state index contributed by atoms with van der Waals surface area (Å²) >= 11 is 5.39. The van der Waals surface area contributed by atoms with E-state index in [2.05, 4.69) is 4.51 Å². The van der Waals surface area contributed by atoms with Crippen LogP contribution < -0.4 is 0 Å². The molecule has 0 aliphatic heterocycles. The van der Waals surface area contributed by atoms with Crippen LogP contribution in [0.4, 0.5) is 0 Å². The molecule has 2 heteroatoms. The summed E-state index contributed by atoms with van der Waals surface area (Å²) in [6.07, 6.45) is 5.32. The first-order chi connectivity index (χ1) is 4.40. The third-order valence-corrected chi connectivity index (χ3v) is 2.84. The van der Waals surface area contributed by atoms with Crippen LogP contribution in [0.5, 0.6) is 0 Å². The molecular formula is C7H10ClN. The smallest absolute Gasteiger partial charge is 0.0364 e. The number of rotatable bonds is 0. The first-order valence-corrected chi connectivity index (χ1v) is 3.91. The van der Waals surface area contributed by atoms with Crippen molar-refractivity contribution in [3.05, 3.63) is 0 Å². The molecule has 2 bridgehead atoms. The lowest BCUT2D eigenvalue weighted by molar-refractivity contribution is 0.592. The van der Waals surface area contributed by atoms with Crippen LogP contribution >= 0.6 is 11.8 Å². The molecular weight excluding hydrogens is 134 g/mol. The summed E-state index contributed by atoms with van der Waals surface area (Å²) in [5, 5.41) is 0. The summed E-state index contributed by atoms with van der Waals surface area (Å²) in [5.41, 5.74) is 1.27. The van der Waals surface area contributed by atoms with Gasteiger partial charge in [-0.2, -0.15) is 4.51 Å². The first kappa shape index (κ1) is 5.72. The Morgan fingerprint density at radius 3 is 2.67 bits per heavy atom. The molecule has 2 saturated carbocycles. The Kier molecular flexibility index (Phi) is 1.26. The number of hydrogen-bond acceptors (Lipinski definition) is 1. The van der Waals surface area contributed by atoms with E-state index in [-0.39, 0.29) is 0 Å². The maximum atomic E-state index is 5.39. The zero-order valence-corrected chi connectivity index (χ0v) is 6.06. The lowest BCUT2D eigenvalue weighted by atomic mass is 9.99. The average molecular weight is 144 g/mol. The lowest BCUT2D eigenvalue weighted by Gasteiger charge is -2.08. The average Bonchev–Trinajstić information content (AvgIpc) is 2.45. The van der Waals surface area contributed by atoms with E-state index in [4.69, 9.17) is 11.8 Å². The van der Waals surface area contributed by atoms with Gasteiger partial charge >= 0.3 is 0 Å². The van der Waals surface area contributed by atoms with E-state index in [9.17, 15) is 0 Å². The molecule has 1 nitrogen and oxygen atoms in total. The van der Waals surface area contributed by atoms with E-state index >= 15 is 0 Å². The van der Waals surface area contributed by atoms with E-state index in [0.717, 1.165) is 11.8 Å². The molecule has 0 saturated heterocycles. The maximum Gasteiger partial charge on any atom is 0.0364 e. The minimum atomic E-state index is 0.771. The Bertz CT molecular complexity index is 153. The van der Waals surface area contributed by atoms with Gasteiger partial charge in [0, 0.05) is 17.5 Å². The van der Waals surface area contributed by atoms with Crippen LogP contribution in [-0.4, -0.2) is 5.71 Å². The molecule has 2 rings (SSSR count). The second kappa shape index (κ2) is 1.98. The lowest BCUT2D eigenvalue weighted by Crippen LogP contribution is -2.07. The van der Waals surface area contributed by atoms with Crippen LogP contribution in [0.1, 0.15) is 25.7 Å². The van der Waals surface area contributed by atoms with Crippen LogP contribution in [0.2, 0.25) is 0 Å². The van der Waals surface area contributed by atoms with Crippen molar-refractivity contribution in [2.75, 3.05) is 0 Å². The zero-order valence-electron chi connectivity index (χ0n) is 5.31. The van der Waals surface area contributed by atoms with Crippen LogP contribution in [0.15, 0.2) is 4.51 Å². The van der Waals surface area contributed by atoms with Crippen molar-refractivity contribution >= 4 is 17.5 Å². The highest BCUT2D eigenvalue weighted by molar-refractivity contribution is 6.20. The second-order valence-corrected chi connectivity index (χ2v) is 3.33. The standard InChI is InChI=1S/C7H10ClN/c8-9-7-4-5-1-2-6(7)3-5/h5-6H,1-4H2. The highest BCUT2D eigenvalue weighted by Crippen LogP contribution is 2.42. The molecule has 0 heterocycles. The van der Waals surface area contributed by atoms with Crippen molar-refractivity contribution < 1.29 is 0 Å². The number of fused-ring (bicyclic) bond motifs is 2. The van der Waals surface area contributed by atoms with Gasteiger partial charge in [0.15, 0.2) is 0 Å². The van der Waals surface area contributed by atoms with Gasteiger partial charge in [0.25, 0.3) is 0 Å². The van der Waals surface area contributed by atoms with Gasteiger partial charge in [-0.3, -0.25) is 0 Å². The summed E-state index contributed by atoms with van der Waals surface area (Å²) < 4.78 is 3.76. The molecule has 0 amide bonds. The molecule has 0 aromatic heterocycles. The summed E-state index contributed by atoms with van der Waals surface area (Å²) in [5.74, 6) is 1.71. The monoisotopic (exact) mass is 143 g/mol. The van der Waals surface area contributed by atoms with Crippen molar-refractivity contribution in [1.82, 2.24) is 0 Å². The van der Waals surface area contributed by atoms with Gasteiger partial charge in [-0.05, 0) is 37.5 Å². The maximum absolute atomic E-state index is 5.39. The third-order valence-electron chi connectivity index (χ3n) is 2.62. The van der Waals surface area contributed by atoms with Gasteiger partial charge in [-0.25, -0.2) is 0 Å². The molecule has 0 aromatic rings. The summed E-state index contributed by atoms with van der Waals surface area (Å²) in [6.45, 7) is 0. The van der Waals surface area contributed by atoms with Crippen LogP contribution in [0.3, 0.4) is 0 Å². The fourth-order valence-electron chi connectivity index (χ4n) is 2.13. The summed E-state index contributed by atoms with van der Waals surface area (Å²) in [6, 6.07) is 0. The Morgan fingerprint density at radius 2 is 2.33 bits per heavy atom.